The van der Waals surface area contributed by atoms with E-state index in [9.17, 15) is 0 Å². The van der Waals surface area contributed by atoms with Crippen molar-refractivity contribution in [1.29, 1.82) is 0 Å². The quantitative estimate of drug-likeness (QED) is 0.657. The fourth-order valence-corrected chi connectivity index (χ4v) is 1.23. The lowest BCUT2D eigenvalue weighted by Crippen LogP contribution is -1.96. The second-order valence-electron chi connectivity index (χ2n) is 2.48. The molecule has 0 aliphatic carbocycles. The number of halogens is 1. The number of aryl methyl sites for hydroxylation is 1. The smallest absolute Gasteiger partial charge is 0.134 e. The van der Waals surface area contributed by atoms with Gasteiger partial charge in [-0.3, -0.25) is 0 Å². The third-order valence-corrected chi connectivity index (χ3v) is 2.09. The van der Waals surface area contributed by atoms with Crippen molar-refractivity contribution in [3.63, 3.8) is 0 Å². The minimum absolute atomic E-state index is 0.498. The van der Waals surface area contributed by atoms with Crippen LogP contribution < -0.4 is 5.73 Å². The first-order valence-electron chi connectivity index (χ1n) is 3.56. The van der Waals surface area contributed by atoms with Crippen molar-refractivity contribution >= 4 is 17.4 Å². The van der Waals surface area contributed by atoms with Crippen LogP contribution in [0.3, 0.4) is 0 Å². The first-order chi connectivity index (χ1) is 5.15. The summed E-state index contributed by atoms with van der Waals surface area (Å²) in [5.74, 6) is 0.498. The van der Waals surface area contributed by atoms with Gasteiger partial charge in [-0.1, -0.05) is 18.5 Å². The SMILES string of the molecule is CCc1cc(N)nc(Cl)c1C. The summed E-state index contributed by atoms with van der Waals surface area (Å²) in [4.78, 5) is 3.92. The largest absolute Gasteiger partial charge is 0.384 e. The molecule has 0 atom stereocenters. The number of anilines is 1. The highest BCUT2D eigenvalue weighted by Gasteiger charge is 2.02. The van der Waals surface area contributed by atoms with E-state index in [-0.39, 0.29) is 0 Å². The van der Waals surface area contributed by atoms with Crippen LogP contribution in [0.2, 0.25) is 5.15 Å². The Labute approximate surface area is 71.4 Å². The Bertz CT molecular complexity index is 271. The summed E-state index contributed by atoms with van der Waals surface area (Å²) in [5.41, 5.74) is 7.71. The van der Waals surface area contributed by atoms with Gasteiger partial charge in [0.15, 0.2) is 0 Å². The van der Waals surface area contributed by atoms with Crippen molar-refractivity contribution in [1.82, 2.24) is 4.98 Å². The molecule has 0 radical (unpaired) electrons. The number of hydrogen-bond donors (Lipinski definition) is 1. The monoisotopic (exact) mass is 170 g/mol. The van der Waals surface area contributed by atoms with Gasteiger partial charge in [-0.15, -0.1) is 0 Å². The summed E-state index contributed by atoms with van der Waals surface area (Å²) in [5, 5.41) is 0.516. The van der Waals surface area contributed by atoms with Crippen LogP contribution in [0.5, 0.6) is 0 Å². The van der Waals surface area contributed by atoms with Crippen molar-refractivity contribution < 1.29 is 0 Å². The molecule has 60 valence electrons. The Morgan fingerprint density at radius 2 is 2.27 bits per heavy atom. The van der Waals surface area contributed by atoms with Gasteiger partial charge in [0.25, 0.3) is 0 Å². The standard InChI is InChI=1S/C8H11ClN2/c1-3-6-4-7(10)11-8(9)5(6)2/h4H,3H2,1-2H3,(H2,10,11). The Balaban J connectivity index is 3.24. The van der Waals surface area contributed by atoms with Gasteiger partial charge >= 0.3 is 0 Å². The van der Waals surface area contributed by atoms with E-state index >= 15 is 0 Å². The van der Waals surface area contributed by atoms with Gasteiger partial charge in [-0.05, 0) is 30.5 Å². The Kier molecular flexibility index (Phi) is 2.35. The molecule has 0 unspecified atom stereocenters. The Morgan fingerprint density at radius 3 is 2.82 bits per heavy atom. The third-order valence-electron chi connectivity index (χ3n) is 1.72. The van der Waals surface area contributed by atoms with Gasteiger partial charge < -0.3 is 5.73 Å². The molecule has 0 aromatic carbocycles. The third kappa shape index (κ3) is 1.63. The molecule has 3 heteroatoms. The molecule has 0 aliphatic heterocycles. The van der Waals surface area contributed by atoms with Gasteiger partial charge in [-0.2, -0.15) is 0 Å². The van der Waals surface area contributed by atoms with Gasteiger partial charge in [0, 0.05) is 0 Å². The number of rotatable bonds is 1. The molecule has 0 bridgehead atoms. The molecule has 0 amide bonds. The topological polar surface area (TPSA) is 38.9 Å². The highest BCUT2D eigenvalue weighted by molar-refractivity contribution is 6.30. The van der Waals surface area contributed by atoms with E-state index in [0.717, 1.165) is 12.0 Å². The van der Waals surface area contributed by atoms with Crippen LogP contribution in [0.1, 0.15) is 18.1 Å². The van der Waals surface area contributed by atoms with Gasteiger partial charge in [0.2, 0.25) is 0 Å². The van der Waals surface area contributed by atoms with E-state index in [0.29, 0.717) is 11.0 Å². The first kappa shape index (κ1) is 8.34. The lowest BCUT2D eigenvalue weighted by molar-refractivity contribution is 1.09. The maximum absolute atomic E-state index is 5.81. The van der Waals surface area contributed by atoms with Crippen molar-refractivity contribution in [3.8, 4) is 0 Å². The van der Waals surface area contributed by atoms with Crippen LogP contribution in [0.4, 0.5) is 5.82 Å². The van der Waals surface area contributed by atoms with Crippen molar-refractivity contribution in [3.05, 3.63) is 22.3 Å². The fraction of sp³-hybridized carbons (Fsp3) is 0.375. The molecule has 0 saturated carbocycles. The summed E-state index contributed by atoms with van der Waals surface area (Å²) in [6, 6.07) is 1.86. The molecule has 0 spiro atoms. The average molecular weight is 171 g/mol. The highest BCUT2D eigenvalue weighted by Crippen LogP contribution is 2.19. The second-order valence-corrected chi connectivity index (χ2v) is 2.83. The number of nitrogens with two attached hydrogens (primary N) is 1. The molecule has 1 rings (SSSR count). The number of aromatic nitrogens is 1. The van der Waals surface area contributed by atoms with Crippen LogP contribution in [0, 0.1) is 6.92 Å². The summed E-state index contributed by atoms with van der Waals surface area (Å²) < 4.78 is 0. The molecular weight excluding hydrogens is 160 g/mol. The van der Waals surface area contributed by atoms with Gasteiger partial charge in [-0.25, -0.2) is 4.98 Å². The zero-order valence-corrected chi connectivity index (χ0v) is 7.44. The van der Waals surface area contributed by atoms with Crippen LogP contribution in [0.15, 0.2) is 6.07 Å². The first-order valence-corrected chi connectivity index (χ1v) is 3.94. The van der Waals surface area contributed by atoms with E-state index in [1.165, 1.54) is 5.56 Å². The zero-order valence-electron chi connectivity index (χ0n) is 6.69. The number of nitrogen functional groups attached to an aromatic ring is 1. The molecule has 0 aliphatic rings. The summed E-state index contributed by atoms with van der Waals surface area (Å²) in [7, 11) is 0. The van der Waals surface area contributed by atoms with Crippen molar-refractivity contribution in [2.24, 2.45) is 0 Å². The van der Waals surface area contributed by atoms with Crippen LogP contribution in [-0.2, 0) is 6.42 Å². The molecule has 0 saturated heterocycles. The predicted octanol–water partition coefficient (Wildman–Crippen LogP) is 2.19. The molecule has 1 aromatic rings. The Morgan fingerprint density at radius 1 is 1.64 bits per heavy atom. The number of hydrogen-bond acceptors (Lipinski definition) is 2. The summed E-state index contributed by atoms with van der Waals surface area (Å²) in [6.45, 7) is 4.02. The minimum Gasteiger partial charge on any atom is -0.384 e. The zero-order chi connectivity index (χ0) is 8.43. The van der Waals surface area contributed by atoms with E-state index in [4.69, 9.17) is 17.3 Å². The fourth-order valence-electron chi connectivity index (χ4n) is 1.02. The predicted molar refractivity (Wildman–Crippen MR) is 47.8 cm³/mol. The Hall–Kier alpha value is -0.760. The lowest BCUT2D eigenvalue weighted by atomic mass is 10.1. The maximum Gasteiger partial charge on any atom is 0.134 e. The molecule has 11 heavy (non-hydrogen) atoms. The molecule has 0 fully saturated rings. The van der Waals surface area contributed by atoms with Crippen LogP contribution in [-0.4, -0.2) is 4.98 Å². The molecular formula is C8H11ClN2. The van der Waals surface area contributed by atoms with E-state index < -0.39 is 0 Å². The minimum atomic E-state index is 0.498. The van der Waals surface area contributed by atoms with E-state index in [2.05, 4.69) is 11.9 Å². The van der Waals surface area contributed by atoms with Crippen LogP contribution in [0.25, 0.3) is 0 Å². The normalized spacial score (nSPS) is 10.1. The molecule has 2 N–H and O–H groups in total. The van der Waals surface area contributed by atoms with Crippen molar-refractivity contribution in [2.75, 3.05) is 5.73 Å². The van der Waals surface area contributed by atoms with Crippen LogP contribution >= 0.6 is 11.6 Å². The summed E-state index contributed by atoms with van der Waals surface area (Å²) >= 11 is 5.81. The second kappa shape index (κ2) is 3.09. The molecule has 1 heterocycles. The average Bonchev–Trinajstić information content (AvgIpc) is 1.96. The van der Waals surface area contributed by atoms with E-state index in [1.807, 2.05) is 13.0 Å². The van der Waals surface area contributed by atoms with E-state index in [1.54, 1.807) is 0 Å². The number of pyridine rings is 1. The summed E-state index contributed by atoms with van der Waals surface area (Å²) in [6.07, 6.45) is 0.943. The lowest BCUT2D eigenvalue weighted by Gasteiger charge is -2.04. The van der Waals surface area contributed by atoms with Gasteiger partial charge in [0.05, 0.1) is 0 Å². The molecule has 1 aromatic heterocycles. The number of nitrogens with zero attached hydrogens (tertiary/aromatic N) is 1. The van der Waals surface area contributed by atoms with Gasteiger partial charge in [0.1, 0.15) is 11.0 Å². The maximum atomic E-state index is 5.81. The van der Waals surface area contributed by atoms with Crippen molar-refractivity contribution in [2.45, 2.75) is 20.3 Å². The molecule has 2 nitrogen and oxygen atoms in total. The highest BCUT2D eigenvalue weighted by atomic mass is 35.5.